The molecular formula is C12H10Cl3FN4. The van der Waals surface area contributed by atoms with Crippen LogP contribution in [0.25, 0.3) is 0 Å². The molecule has 0 saturated heterocycles. The quantitative estimate of drug-likeness (QED) is 0.582. The van der Waals surface area contributed by atoms with Crippen molar-refractivity contribution in [3.8, 4) is 0 Å². The van der Waals surface area contributed by atoms with Gasteiger partial charge in [0.15, 0.2) is 5.82 Å². The number of hydrogen-bond acceptors (Lipinski definition) is 4. The van der Waals surface area contributed by atoms with Crippen molar-refractivity contribution in [3.63, 3.8) is 0 Å². The number of rotatable bonds is 4. The standard InChI is InChI=1S/C12H10Cl3FN4/c13-7-3-6(1-2-10(7)16)5-18-11-8(14)4-9(15)12(19-11)20-17/h1-4H,5,17H2,(H2,18,19,20). The average molecular weight is 336 g/mol. The van der Waals surface area contributed by atoms with Crippen LogP contribution < -0.4 is 16.6 Å². The summed E-state index contributed by atoms with van der Waals surface area (Å²) < 4.78 is 13.0. The van der Waals surface area contributed by atoms with E-state index in [1.54, 1.807) is 6.07 Å². The van der Waals surface area contributed by atoms with Crippen LogP contribution in [0.2, 0.25) is 15.1 Å². The molecule has 2 rings (SSSR count). The van der Waals surface area contributed by atoms with Crippen LogP contribution in [-0.2, 0) is 6.54 Å². The number of pyridine rings is 1. The summed E-state index contributed by atoms with van der Waals surface area (Å²) in [6.07, 6.45) is 0. The molecule has 1 aromatic carbocycles. The Hall–Kier alpha value is -1.27. The third-order valence-corrected chi connectivity index (χ3v) is 3.38. The van der Waals surface area contributed by atoms with Crippen LogP contribution in [0, 0.1) is 5.82 Å². The second-order valence-electron chi connectivity index (χ2n) is 3.90. The Bertz CT molecular complexity index is 636. The van der Waals surface area contributed by atoms with Gasteiger partial charge in [0.05, 0.1) is 15.1 Å². The van der Waals surface area contributed by atoms with Crippen molar-refractivity contribution < 1.29 is 4.39 Å². The first-order chi connectivity index (χ1) is 9.51. The van der Waals surface area contributed by atoms with Crippen molar-refractivity contribution in [2.24, 2.45) is 5.84 Å². The molecule has 0 radical (unpaired) electrons. The average Bonchev–Trinajstić information content (AvgIpc) is 2.41. The maximum atomic E-state index is 13.0. The van der Waals surface area contributed by atoms with Gasteiger partial charge >= 0.3 is 0 Å². The third-order valence-electron chi connectivity index (χ3n) is 2.51. The normalized spacial score (nSPS) is 10.4. The van der Waals surface area contributed by atoms with Crippen LogP contribution in [0.4, 0.5) is 16.0 Å². The van der Waals surface area contributed by atoms with Gasteiger partial charge in [0, 0.05) is 6.54 Å². The van der Waals surface area contributed by atoms with Crippen LogP contribution in [0.3, 0.4) is 0 Å². The SMILES string of the molecule is NNc1nc(NCc2ccc(F)c(Cl)c2)c(Cl)cc1Cl. The largest absolute Gasteiger partial charge is 0.365 e. The Morgan fingerprint density at radius 3 is 2.40 bits per heavy atom. The van der Waals surface area contributed by atoms with Gasteiger partial charge in [0.2, 0.25) is 0 Å². The Morgan fingerprint density at radius 1 is 1.05 bits per heavy atom. The van der Waals surface area contributed by atoms with E-state index in [1.807, 2.05) is 0 Å². The number of aromatic nitrogens is 1. The van der Waals surface area contributed by atoms with Crippen molar-refractivity contribution in [1.29, 1.82) is 0 Å². The van der Waals surface area contributed by atoms with Gasteiger partial charge in [-0.2, -0.15) is 0 Å². The number of benzene rings is 1. The Balaban J connectivity index is 2.16. The highest BCUT2D eigenvalue weighted by Crippen LogP contribution is 2.29. The van der Waals surface area contributed by atoms with E-state index in [1.165, 1.54) is 18.2 Å². The number of nitrogens with two attached hydrogens (primary N) is 1. The summed E-state index contributed by atoms with van der Waals surface area (Å²) in [6, 6.07) is 5.95. The second kappa shape index (κ2) is 6.45. The van der Waals surface area contributed by atoms with Crippen molar-refractivity contribution in [1.82, 2.24) is 4.98 Å². The Kier molecular flexibility index (Phi) is 4.88. The lowest BCUT2D eigenvalue weighted by Gasteiger charge is -2.11. The van der Waals surface area contributed by atoms with E-state index < -0.39 is 5.82 Å². The molecule has 0 saturated carbocycles. The maximum absolute atomic E-state index is 13.0. The van der Waals surface area contributed by atoms with Crippen LogP contribution >= 0.6 is 34.8 Å². The van der Waals surface area contributed by atoms with Gasteiger partial charge < -0.3 is 10.7 Å². The van der Waals surface area contributed by atoms with E-state index in [-0.39, 0.29) is 5.02 Å². The first-order valence-electron chi connectivity index (χ1n) is 5.51. The molecule has 1 heterocycles. The molecule has 0 aliphatic carbocycles. The number of hydrazine groups is 1. The van der Waals surface area contributed by atoms with Crippen molar-refractivity contribution in [3.05, 3.63) is 50.7 Å². The maximum Gasteiger partial charge on any atom is 0.161 e. The van der Waals surface area contributed by atoms with Gasteiger partial charge in [-0.05, 0) is 23.8 Å². The fraction of sp³-hybridized carbons (Fsp3) is 0.0833. The number of hydrogen-bond donors (Lipinski definition) is 3. The fourth-order valence-corrected chi connectivity index (χ4v) is 2.21. The minimum Gasteiger partial charge on any atom is -0.365 e. The molecule has 0 spiro atoms. The zero-order valence-electron chi connectivity index (χ0n) is 10.1. The summed E-state index contributed by atoms with van der Waals surface area (Å²) >= 11 is 17.6. The number of halogens is 4. The second-order valence-corrected chi connectivity index (χ2v) is 5.12. The van der Waals surface area contributed by atoms with Gasteiger partial charge in [-0.3, -0.25) is 0 Å². The van der Waals surface area contributed by atoms with E-state index in [9.17, 15) is 4.39 Å². The molecule has 1 aromatic heterocycles. The molecule has 4 N–H and O–H groups in total. The molecule has 0 atom stereocenters. The summed E-state index contributed by atoms with van der Waals surface area (Å²) in [5, 5.41) is 3.72. The molecule has 0 fully saturated rings. The van der Waals surface area contributed by atoms with Gasteiger partial charge in [0.25, 0.3) is 0 Å². The van der Waals surface area contributed by atoms with E-state index in [4.69, 9.17) is 40.6 Å². The summed E-state index contributed by atoms with van der Waals surface area (Å²) in [7, 11) is 0. The highest BCUT2D eigenvalue weighted by Gasteiger charge is 2.09. The van der Waals surface area contributed by atoms with Crippen molar-refractivity contribution in [2.45, 2.75) is 6.54 Å². The van der Waals surface area contributed by atoms with Crippen LogP contribution in [0.15, 0.2) is 24.3 Å². The molecular weight excluding hydrogens is 326 g/mol. The van der Waals surface area contributed by atoms with Crippen molar-refractivity contribution in [2.75, 3.05) is 10.7 Å². The lowest BCUT2D eigenvalue weighted by molar-refractivity contribution is 0.627. The summed E-state index contributed by atoms with van der Waals surface area (Å²) in [5.41, 5.74) is 3.15. The monoisotopic (exact) mass is 334 g/mol. The lowest BCUT2D eigenvalue weighted by Crippen LogP contribution is -2.11. The first-order valence-corrected chi connectivity index (χ1v) is 6.65. The molecule has 0 unspecified atom stereocenters. The molecule has 2 aromatic rings. The molecule has 0 aliphatic rings. The topological polar surface area (TPSA) is 63.0 Å². The van der Waals surface area contributed by atoms with E-state index in [2.05, 4.69) is 15.7 Å². The predicted molar refractivity (Wildman–Crippen MR) is 80.8 cm³/mol. The Labute approximate surface area is 130 Å². The minimum absolute atomic E-state index is 0.0591. The fourth-order valence-electron chi connectivity index (χ4n) is 1.53. The summed E-state index contributed by atoms with van der Waals surface area (Å²) in [4.78, 5) is 4.13. The zero-order valence-corrected chi connectivity index (χ0v) is 12.3. The van der Waals surface area contributed by atoms with Crippen molar-refractivity contribution >= 4 is 46.4 Å². The van der Waals surface area contributed by atoms with E-state index in [0.29, 0.717) is 28.2 Å². The molecule has 0 aliphatic heterocycles. The van der Waals surface area contributed by atoms with Crippen LogP contribution in [-0.4, -0.2) is 4.98 Å². The molecule has 0 bridgehead atoms. The van der Waals surface area contributed by atoms with Crippen LogP contribution in [0.1, 0.15) is 5.56 Å². The first kappa shape index (κ1) is 15.1. The highest BCUT2D eigenvalue weighted by molar-refractivity contribution is 6.37. The third kappa shape index (κ3) is 3.43. The van der Waals surface area contributed by atoms with Gasteiger partial charge in [-0.15, -0.1) is 0 Å². The minimum atomic E-state index is -0.465. The molecule has 0 amide bonds. The molecule has 20 heavy (non-hydrogen) atoms. The van der Waals surface area contributed by atoms with E-state index in [0.717, 1.165) is 5.56 Å². The predicted octanol–water partition coefficient (Wildman–Crippen LogP) is 4.08. The highest BCUT2D eigenvalue weighted by atomic mass is 35.5. The molecule has 4 nitrogen and oxygen atoms in total. The van der Waals surface area contributed by atoms with Gasteiger partial charge in [-0.25, -0.2) is 15.2 Å². The number of nitrogen functional groups attached to an aromatic ring is 1. The summed E-state index contributed by atoms with van der Waals surface area (Å²) in [6.45, 7) is 0.373. The molecule has 106 valence electrons. The Morgan fingerprint density at radius 2 is 1.75 bits per heavy atom. The smallest absolute Gasteiger partial charge is 0.161 e. The lowest BCUT2D eigenvalue weighted by atomic mass is 10.2. The van der Waals surface area contributed by atoms with Gasteiger partial charge in [0.1, 0.15) is 11.6 Å². The van der Waals surface area contributed by atoms with Crippen LogP contribution in [0.5, 0.6) is 0 Å². The van der Waals surface area contributed by atoms with E-state index >= 15 is 0 Å². The van der Waals surface area contributed by atoms with Gasteiger partial charge in [-0.1, -0.05) is 40.9 Å². The number of anilines is 2. The zero-order chi connectivity index (χ0) is 14.7. The molecule has 8 heteroatoms. The summed E-state index contributed by atoms with van der Waals surface area (Å²) in [5.74, 6) is 5.53. The number of nitrogens with zero attached hydrogens (tertiary/aromatic N) is 1. The number of nitrogens with one attached hydrogen (secondary N) is 2.